The van der Waals surface area contributed by atoms with Gasteiger partial charge in [0, 0.05) is 12.8 Å². The maximum atomic E-state index is 12.2. The van der Waals surface area contributed by atoms with Gasteiger partial charge in [0.1, 0.15) is 6.61 Å². The van der Waals surface area contributed by atoms with Crippen molar-refractivity contribution in [3.8, 4) is 0 Å². The van der Waals surface area contributed by atoms with Gasteiger partial charge < -0.3 is 14.6 Å². The Morgan fingerprint density at radius 1 is 0.322 bits per heavy atom. The molecule has 0 aliphatic carbocycles. The predicted octanol–water partition coefficient (Wildman–Crippen LogP) is 17.8. The van der Waals surface area contributed by atoms with Gasteiger partial charge in [0.05, 0.1) is 6.61 Å². The highest BCUT2D eigenvalue weighted by Crippen LogP contribution is 2.18. The highest BCUT2D eigenvalue weighted by atomic mass is 16.6. The fourth-order valence-electron chi connectivity index (χ4n) is 8.56. The monoisotopic (exact) mass is 835 g/mol. The maximum absolute atomic E-state index is 12.2. The zero-order valence-corrected chi connectivity index (χ0v) is 40.3. The van der Waals surface area contributed by atoms with E-state index in [1.165, 1.54) is 250 Å². The van der Waals surface area contributed by atoms with Gasteiger partial charge in [-0.05, 0) is 12.8 Å². The second-order valence-corrected chi connectivity index (χ2v) is 18.7. The Hall–Kier alpha value is -1.10. The van der Waals surface area contributed by atoms with Gasteiger partial charge >= 0.3 is 11.9 Å². The molecular weight excluding hydrogens is 729 g/mol. The summed E-state index contributed by atoms with van der Waals surface area (Å²) in [4.78, 5) is 24.2. The first-order valence-electron chi connectivity index (χ1n) is 27.1. The van der Waals surface area contributed by atoms with Crippen LogP contribution in [0.2, 0.25) is 0 Å². The van der Waals surface area contributed by atoms with Gasteiger partial charge in [0.2, 0.25) is 0 Å². The van der Waals surface area contributed by atoms with Crippen molar-refractivity contribution in [1.29, 1.82) is 0 Å². The minimum absolute atomic E-state index is 0.0582. The number of carbonyl (C=O) groups is 2. The van der Waals surface area contributed by atoms with E-state index in [2.05, 4.69) is 13.8 Å². The van der Waals surface area contributed by atoms with Crippen LogP contribution in [-0.4, -0.2) is 36.4 Å². The standard InChI is InChI=1S/C54H106O5/c1-3-5-7-9-11-12-13-14-15-16-17-18-19-20-21-22-23-24-25-26-27-28-29-30-31-32-33-34-35-36-37-38-39-40-41-43-45-47-49-54(57)59-52(50-55)51-58-53(56)48-46-44-42-10-8-6-4-2/h52,55H,3-51H2,1-2H3. The molecule has 5 heteroatoms. The lowest BCUT2D eigenvalue weighted by atomic mass is 10.0. The van der Waals surface area contributed by atoms with Gasteiger partial charge in [0.25, 0.3) is 0 Å². The van der Waals surface area contributed by atoms with Crippen LogP contribution in [0.4, 0.5) is 0 Å². The number of aliphatic hydroxyl groups is 1. The Bertz CT molecular complexity index is 815. The Morgan fingerprint density at radius 3 is 0.746 bits per heavy atom. The lowest BCUT2D eigenvalue weighted by molar-refractivity contribution is -0.161. The van der Waals surface area contributed by atoms with E-state index >= 15 is 0 Å². The van der Waals surface area contributed by atoms with Crippen LogP contribution in [0.25, 0.3) is 0 Å². The van der Waals surface area contributed by atoms with Crippen LogP contribution in [0.3, 0.4) is 0 Å². The van der Waals surface area contributed by atoms with Gasteiger partial charge in [-0.1, -0.05) is 290 Å². The van der Waals surface area contributed by atoms with Gasteiger partial charge in [-0.25, -0.2) is 0 Å². The summed E-state index contributed by atoms with van der Waals surface area (Å²) in [5, 5.41) is 9.54. The van der Waals surface area contributed by atoms with Crippen molar-refractivity contribution >= 4 is 11.9 Å². The third kappa shape index (κ3) is 49.4. The van der Waals surface area contributed by atoms with E-state index in [1.54, 1.807) is 0 Å². The lowest BCUT2D eigenvalue weighted by Crippen LogP contribution is -2.28. The number of rotatable bonds is 51. The average molecular weight is 835 g/mol. The predicted molar refractivity (Wildman–Crippen MR) is 256 cm³/mol. The first-order chi connectivity index (χ1) is 29.1. The molecule has 0 heterocycles. The van der Waals surface area contributed by atoms with E-state index in [9.17, 15) is 14.7 Å². The van der Waals surface area contributed by atoms with Crippen molar-refractivity contribution in [3.05, 3.63) is 0 Å². The van der Waals surface area contributed by atoms with Crippen molar-refractivity contribution in [3.63, 3.8) is 0 Å². The molecule has 1 N–H and O–H groups in total. The van der Waals surface area contributed by atoms with Gasteiger partial charge in [-0.15, -0.1) is 0 Å². The van der Waals surface area contributed by atoms with Gasteiger partial charge in [0.15, 0.2) is 6.10 Å². The summed E-state index contributed by atoms with van der Waals surface area (Å²) in [5.74, 6) is -0.580. The van der Waals surface area contributed by atoms with Gasteiger partial charge in [-0.2, -0.15) is 0 Å². The number of ether oxygens (including phenoxy) is 2. The molecule has 0 saturated heterocycles. The molecule has 0 bridgehead atoms. The van der Waals surface area contributed by atoms with Crippen LogP contribution < -0.4 is 0 Å². The third-order valence-electron chi connectivity index (χ3n) is 12.7. The molecule has 0 spiro atoms. The van der Waals surface area contributed by atoms with Crippen LogP contribution >= 0.6 is 0 Å². The Labute approximate surface area is 369 Å². The minimum atomic E-state index is -0.761. The fourth-order valence-corrected chi connectivity index (χ4v) is 8.56. The van der Waals surface area contributed by atoms with Crippen LogP contribution in [0, 0.1) is 0 Å². The molecule has 1 atom stereocenters. The molecule has 0 aromatic rings. The SMILES string of the molecule is CCCCCCCCCCCCCCCCCCCCCCCCCCCCCCCCCCCCCCCCC(=O)OC(CO)COC(=O)CCCCCCCCC. The Kier molecular flexibility index (Phi) is 50.3. The van der Waals surface area contributed by atoms with Crippen LogP contribution in [0.5, 0.6) is 0 Å². The first kappa shape index (κ1) is 57.9. The molecule has 0 rings (SSSR count). The number of unbranched alkanes of at least 4 members (excludes halogenated alkanes) is 43. The number of esters is 2. The molecule has 0 amide bonds. The highest BCUT2D eigenvalue weighted by Gasteiger charge is 2.16. The van der Waals surface area contributed by atoms with E-state index in [4.69, 9.17) is 9.47 Å². The number of carbonyl (C=O) groups excluding carboxylic acids is 2. The fraction of sp³-hybridized carbons (Fsp3) is 0.963. The van der Waals surface area contributed by atoms with Crippen molar-refractivity contribution < 1.29 is 24.2 Å². The molecule has 0 aliphatic rings. The summed E-state index contributed by atoms with van der Waals surface area (Å²) in [5.41, 5.74) is 0. The highest BCUT2D eigenvalue weighted by molar-refractivity contribution is 5.70. The zero-order valence-electron chi connectivity index (χ0n) is 40.3. The molecule has 1 unspecified atom stereocenters. The quantitative estimate of drug-likeness (QED) is 0.0488. The van der Waals surface area contributed by atoms with Gasteiger partial charge in [-0.3, -0.25) is 9.59 Å². The van der Waals surface area contributed by atoms with E-state index in [0.717, 1.165) is 38.5 Å². The molecule has 0 aromatic carbocycles. The van der Waals surface area contributed by atoms with Crippen molar-refractivity contribution in [2.45, 2.75) is 322 Å². The number of hydrogen-bond acceptors (Lipinski definition) is 5. The molecule has 0 radical (unpaired) electrons. The van der Waals surface area contributed by atoms with Crippen molar-refractivity contribution in [2.24, 2.45) is 0 Å². The molecule has 5 nitrogen and oxygen atoms in total. The lowest BCUT2D eigenvalue weighted by Gasteiger charge is -2.15. The molecule has 0 saturated carbocycles. The molecule has 0 fully saturated rings. The van der Waals surface area contributed by atoms with Crippen molar-refractivity contribution in [2.75, 3.05) is 13.2 Å². The molecule has 352 valence electrons. The maximum Gasteiger partial charge on any atom is 0.306 e. The van der Waals surface area contributed by atoms with Crippen molar-refractivity contribution in [1.82, 2.24) is 0 Å². The number of hydrogen-bond donors (Lipinski definition) is 1. The van der Waals surface area contributed by atoms with Crippen LogP contribution in [0.1, 0.15) is 316 Å². The second-order valence-electron chi connectivity index (χ2n) is 18.7. The summed E-state index contributed by atoms with van der Waals surface area (Å²) in [6, 6.07) is 0. The Morgan fingerprint density at radius 2 is 0.525 bits per heavy atom. The topological polar surface area (TPSA) is 72.8 Å². The van der Waals surface area contributed by atoms with Crippen LogP contribution in [-0.2, 0) is 19.1 Å². The summed E-state index contributed by atoms with van der Waals surface area (Å²) in [6.45, 7) is 4.13. The normalized spacial score (nSPS) is 12.0. The van der Waals surface area contributed by atoms with E-state index in [1.807, 2.05) is 0 Å². The summed E-state index contributed by atoms with van der Waals surface area (Å²) >= 11 is 0. The summed E-state index contributed by atoms with van der Waals surface area (Å²) in [7, 11) is 0. The second kappa shape index (κ2) is 51.3. The minimum Gasteiger partial charge on any atom is -0.462 e. The van der Waals surface area contributed by atoms with E-state index < -0.39 is 6.10 Å². The molecule has 0 aromatic heterocycles. The Balaban J connectivity index is 3.27. The van der Waals surface area contributed by atoms with E-state index in [-0.39, 0.29) is 25.2 Å². The first-order valence-corrected chi connectivity index (χ1v) is 27.1. The largest absolute Gasteiger partial charge is 0.462 e. The number of aliphatic hydroxyl groups excluding tert-OH is 1. The summed E-state index contributed by atoms with van der Waals surface area (Å²) in [6.07, 6.45) is 61.3. The van der Waals surface area contributed by atoms with E-state index in [0.29, 0.717) is 12.8 Å². The van der Waals surface area contributed by atoms with Crippen LogP contribution in [0.15, 0.2) is 0 Å². The molecular formula is C54H106O5. The zero-order chi connectivity index (χ0) is 42.8. The summed E-state index contributed by atoms with van der Waals surface area (Å²) < 4.78 is 10.6. The smallest absolute Gasteiger partial charge is 0.306 e. The molecule has 59 heavy (non-hydrogen) atoms. The third-order valence-corrected chi connectivity index (χ3v) is 12.7. The average Bonchev–Trinajstić information content (AvgIpc) is 3.24. The molecule has 0 aliphatic heterocycles.